The Bertz CT molecular complexity index is 1270. The summed E-state index contributed by atoms with van der Waals surface area (Å²) in [6.45, 7) is 1.40. The predicted molar refractivity (Wildman–Crippen MR) is 115 cm³/mol. The lowest BCUT2D eigenvalue weighted by Crippen LogP contribution is -2.32. The Hall–Kier alpha value is -3.44. The van der Waals surface area contributed by atoms with Crippen LogP contribution in [0.25, 0.3) is 0 Å². The van der Waals surface area contributed by atoms with Gasteiger partial charge in [0.2, 0.25) is 24.3 Å². The van der Waals surface area contributed by atoms with Gasteiger partial charge in [0.15, 0.2) is 5.82 Å². The number of rotatable bonds is 7. The molecular formula is C20H17N3O6S2. The highest BCUT2D eigenvalue weighted by atomic mass is 32.3. The van der Waals surface area contributed by atoms with Crippen molar-refractivity contribution >= 4 is 37.4 Å². The summed E-state index contributed by atoms with van der Waals surface area (Å²) in [6.07, 6.45) is 0.790. The van der Waals surface area contributed by atoms with Crippen molar-refractivity contribution in [2.24, 2.45) is 4.99 Å². The van der Waals surface area contributed by atoms with Crippen LogP contribution in [0.1, 0.15) is 5.69 Å². The molecule has 0 bridgehead atoms. The van der Waals surface area contributed by atoms with Crippen LogP contribution in [-0.4, -0.2) is 37.5 Å². The molecule has 0 aliphatic rings. The maximum atomic E-state index is 13.2. The van der Waals surface area contributed by atoms with E-state index in [0.717, 1.165) is 6.21 Å². The highest BCUT2D eigenvalue weighted by Crippen LogP contribution is 2.26. The van der Waals surface area contributed by atoms with Crippen LogP contribution in [0.5, 0.6) is 0 Å². The SMILES string of the molecule is Cc1nc(N=CC(S(=O)(=O)c2ccccc2)S(=O)(=O)c2ccccc2)ccc1[N+](=O)[O-]. The second-order valence-corrected chi connectivity index (χ2v) is 10.8. The van der Waals surface area contributed by atoms with E-state index in [1.807, 2.05) is 0 Å². The van der Waals surface area contributed by atoms with Crippen molar-refractivity contribution in [3.63, 3.8) is 0 Å². The molecule has 160 valence electrons. The molecule has 1 heterocycles. The zero-order chi connectivity index (χ0) is 22.6. The Labute approximate surface area is 179 Å². The third kappa shape index (κ3) is 4.67. The molecule has 0 radical (unpaired) electrons. The smallest absolute Gasteiger partial charge is 0.258 e. The van der Waals surface area contributed by atoms with Gasteiger partial charge in [0.25, 0.3) is 5.69 Å². The standard InChI is InChI=1S/C20H17N3O6S2/c1-15-18(23(24)25)12-13-19(22-15)21-14-20(30(26,27)16-8-4-2-5-9-16)31(28,29)17-10-6-3-7-11-17/h2-14,20H,1H3. The van der Waals surface area contributed by atoms with E-state index in [-0.39, 0.29) is 27.0 Å². The maximum absolute atomic E-state index is 13.2. The van der Waals surface area contributed by atoms with Gasteiger partial charge in [-0.3, -0.25) is 10.1 Å². The molecule has 0 aliphatic carbocycles. The molecule has 0 unspecified atom stereocenters. The van der Waals surface area contributed by atoms with E-state index < -0.39 is 29.2 Å². The first-order chi connectivity index (χ1) is 14.6. The molecule has 0 N–H and O–H groups in total. The highest BCUT2D eigenvalue weighted by Gasteiger charge is 2.38. The fraction of sp³-hybridized carbons (Fsp3) is 0.100. The summed E-state index contributed by atoms with van der Waals surface area (Å²) in [5.74, 6) is -0.0559. The topological polar surface area (TPSA) is 137 Å². The maximum Gasteiger partial charge on any atom is 0.290 e. The van der Waals surface area contributed by atoms with Gasteiger partial charge in [-0.2, -0.15) is 0 Å². The van der Waals surface area contributed by atoms with Crippen LogP contribution in [0.2, 0.25) is 0 Å². The van der Waals surface area contributed by atoms with E-state index in [4.69, 9.17) is 0 Å². The third-order valence-corrected chi connectivity index (χ3v) is 9.17. The van der Waals surface area contributed by atoms with Gasteiger partial charge in [-0.1, -0.05) is 36.4 Å². The van der Waals surface area contributed by atoms with E-state index in [2.05, 4.69) is 9.98 Å². The van der Waals surface area contributed by atoms with Crippen LogP contribution in [0.4, 0.5) is 11.5 Å². The van der Waals surface area contributed by atoms with Crippen LogP contribution in [0.15, 0.2) is 87.6 Å². The lowest BCUT2D eigenvalue weighted by molar-refractivity contribution is -0.385. The molecule has 31 heavy (non-hydrogen) atoms. The summed E-state index contributed by atoms with van der Waals surface area (Å²) in [7, 11) is -8.76. The summed E-state index contributed by atoms with van der Waals surface area (Å²) in [5.41, 5.74) is -0.169. The first kappa shape index (κ1) is 22.2. The average Bonchev–Trinajstić information content (AvgIpc) is 2.74. The number of aliphatic imine (C=N–C) groups is 1. The van der Waals surface area contributed by atoms with Crippen molar-refractivity contribution in [1.29, 1.82) is 0 Å². The molecule has 0 spiro atoms. The Morgan fingerprint density at radius 1 is 0.871 bits per heavy atom. The Morgan fingerprint density at radius 2 is 1.35 bits per heavy atom. The molecule has 0 saturated heterocycles. The van der Waals surface area contributed by atoms with Crippen LogP contribution < -0.4 is 0 Å². The van der Waals surface area contributed by atoms with Gasteiger partial charge in [-0.15, -0.1) is 0 Å². The second kappa shape index (κ2) is 8.74. The third-order valence-electron chi connectivity index (χ3n) is 4.32. The highest BCUT2D eigenvalue weighted by molar-refractivity contribution is 8.10. The van der Waals surface area contributed by atoms with Crippen LogP contribution in [0, 0.1) is 17.0 Å². The van der Waals surface area contributed by atoms with Crippen molar-refractivity contribution in [1.82, 2.24) is 4.98 Å². The van der Waals surface area contributed by atoms with Crippen LogP contribution >= 0.6 is 0 Å². The van der Waals surface area contributed by atoms with Gasteiger partial charge >= 0.3 is 0 Å². The molecule has 11 heteroatoms. The molecule has 0 aliphatic heterocycles. The Morgan fingerprint density at radius 3 is 1.77 bits per heavy atom. The average molecular weight is 460 g/mol. The number of hydrogen-bond donors (Lipinski definition) is 0. The quantitative estimate of drug-likeness (QED) is 0.300. The van der Waals surface area contributed by atoms with Crippen molar-refractivity contribution in [3.8, 4) is 0 Å². The van der Waals surface area contributed by atoms with Crippen LogP contribution in [-0.2, 0) is 19.7 Å². The van der Waals surface area contributed by atoms with Crippen molar-refractivity contribution in [3.05, 3.63) is 88.6 Å². The molecule has 0 amide bonds. The number of sulfone groups is 2. The number of aromatic nitrogens is 1. The molecule has 0 saturated carbocycles. The summed E-state index contributed by atoms with van der Waals surface area (Å²) >= 11 is 0. The minimum absolute atomic E-state index is 0.0559. The predicted octanol–water partition coefficient (Wildman–Crippen LogP) is 3.27. The lowest BCUT2D eigenvalue weighted by Gasteiger charge is -2.15. The minimum atomic E-state index is -4.38. The number of pyridine rings is 1. The lowest BCUT2D eigenvalue weighted by atomic mass is 10.3. The zero-order valence-corrected chi connectivity index (χ0v) is 17.8. The van der Waals surface area contributed by atoms with Gasteiger partial charge in [0.1, 0.15) is 5.69 Å². The molecular weight excluding hydrogens is 442 g/mol. The van der Waals surface area contributed by atoms with E-state index in [1.54, 1.807) is 12.1 Å². The van der Waals surface area contributed by atoms with Crippen molar-refractivity contribution in [2.45, 2.75) is 21.3 Å². The van der Waals surface area contributed by atoms with E-state index >= 15 is 0 Å². The van der Waals surface area contributed by atoms with Crippen molar-refractivity contribution < 1.29 is 21.8 Å². The van der Waals surface area contributed by atoms with E-state index in [1.165, 1.54) is 67.6 Å². The molecule has 9 nitrogen and oxygen atoms in total. The monoisotopic (exact) mass is 459 g/mol. The number of hydrogen-bond acceptors (Lipinski definition) is 8. The minimum Gasteiger partial charge on any atom is -0.258 e. The molecule has 1 aromatic heterocycles. The molecule has 3 aromatic rings. The van der Waals surface area contributed by atoms with Crippen LogP contribution in [0.3, 0.4) is 0 Å². The van der Waals surface area contributed by atoms with E-state index in [0.29, 0.717) is 0 Å². The largest absolute Gasteiger partial charge is 0.290 e. The fourth-order valence-electron chi connectivity index (χ4n) is 2.76. The summed E-state index contributed by atoms with van der Waals surface area (Å²) in [4.78, 5) is 17.8. The first-order valence-electron chi connectivity index (χ1n) is 8.88. The summed E-state index contributed by atoms with van der Waals surface area (Å²) in [6, 6.07) is 16.7. The zero-order valence-electron chi connectivity index (χ0n) is 16.2. The number of benzene rings is 2. The molecule has 3 rings (SSSR count). The number of nitrogens with zero attached hydrogens (tertiary/aromatic N) is 3. The summed E-state index contributed by atoms with van der Waals surface area (Å²) < 4.78 is 50.8. The molecule has 0 atom stereocenters. The normalized spacial score (nSPS) is 12.3. The van der Waals surface area contributed by atoms with Gasteiger partial charge in [-0.25, -0.2) is 26.8 Å². The van der Waals surface area contributed by atoms with Crippen molar-refractivity contribution in [2.75, 3.05) is 0 Å². The van der Waals surface area contributed by atoms with E-state index in [9.17, 15) is 26.9 Å². The molecule has 2 aromatic carbocycles. The van der Waals surface area contributed by atoms with Gasteiger partial charge in [-0.05, 0) is 37.3 Å². The second-order valence-electron chi connectivity index (χ2n) is 6.39. The summed E-state index contributed by atoms with van der Waals surface area (Å²) in [5, 5.41) is 10.9. The molecule has 0 fully saturated rings. The van der Waals surface area contributed by atoms with Gasteiger partial charge in [0.05, 0.1) is 14.7 Å². The van der Waals surface area contributed by atoms with Gasteiger partial charge in [0, 0.05) is 12.3 Å². The Balaban J connectivity index is 2.12. The number of aryl methyl sites for hydroxylation is 1. The Kier molecular flexibility index (Phi) is 6.27. The first-order valence-corrected chi connectivity index (χ1v) is 12.0. The van der Waals surface area contributed by atoms with Gasteiger partial charge < -0.3 is 0 Å². The fourth-order valence-corrected chi connectivity index (χ4v) is 6.81. The number of nitro groups is 1.